The van der Waals surface area contributed by atoms with Gasteiger partial charge in [-0.3, -0.25) is 0 Å². The maximum atomic E-state index is 5.71. The first-order chi connectivity index (χ1) is 8.25. The van der Waals surface area contributed by atoms with Gasteiger partial charge in [0.1, 0.15) is 0 Å². The maximum Gasteiger partial charge on any atom is 0.0645 e. The molecule has 17 heavy (non-hydrogen) atoms. The first-order valence-electron chi connectivity index (χ1n) is 5.68. The minimum absolute atomic E-state index is 0.254. The maximum absolute atomic E-state index is 5.71. The fourth-order valence-corrected chi connectivity index (χ4v) is 2.39. The molecule has 1 heterocycles. The Kier molecular flexibility index (Phi) is 4.23. The standard InChI is InChI=1S/C13H17N3S/c1-11(14)9-17-10-12-7-15-16(8-12)13-5-3-2-4-6-13/h2-8,11H,9-10,14H2,1H3. The molecule has 2 N–H and O–H groups in total. The number of rotatable bonds is 5. The summed E-state index contributed by atoms with van der Waals surface area (Å²) in [7, 11) is 0. The molecule has 1 aromatic heterocycles. The molecule has 90 valence electrons. The van der Waals surface area contributed by atoms with Crippen molar-refractivity contribution in [2.45, 2.75) is 18.7 Å². The van der Waals surface area contributed by atoms with E-state index in [9.17, 15) is 0 Å². The van der Waals surface area contributed by atoms with Crippen LogP contribution in [-0.4, -0.2) is 21.6 Å². The van der Waals surface area contributed by atoms with Gasteiger partial charge >= 0.3 is 0 Å². The molecule has 4 heteroatoms. The smallest absolute Gasteiger partial charge is 0.0645 e. The molecule has 0 spiro atoms. The highest BCUT2D eigenvalue weighted by Crippen LogP contribution is 2.14. The lowest BCUT2D eigenvalue weighted by atomic mass is 10.3. The Morgan fingerprint density at radius 1 is 1.35 bits per heavy atom. The molecule has 1 atom stereocenters. The molecule has 0 aliphatic carbocycles. The third-order valence-electron chi connectivity index (χ3n) is 2.31. The topological polar surface area (TPSA) is 43.8 Å². The van der Waals surface area contributed by atoms with Crippen LogP contribution in [0.2, 0.25) is 0 Å². The second-order valence-corrected chi connectivity index (χ2v) is 5.15. The van der Waals surface area contributed by atoms with E-state index in [0.29, 0.717) is 0 Å². The Bertz CT molecular complexity index is 451. The highest BCUT2D eigenvalue weighted by molar-refractivity contribution is 7.98. The molecule has 2 rings (SSSR count). The first-order valence-corrected chi connectivity index (χ1v) is 6.83. The van der Waals surface area contributed by atoms with Gasteiger partial charge in [-0.1, -0.05) is 18.2 Å². The van der Waals surface area contributed by atoms with Crippen LogP contribution in [0.5, 0.6) is 0 Å². The minimum atomic E-state index is 0.254. The number of benzene rings is 1. The summed E-state index contributed by atoms with van der Waals surface area (Å²) in [4.78, 5) is 0. The van der Waals surface area contributed by atoms with Crippen molar-refractivity contribution in [2.24, 2.45) is 5.73 Å². The Labute approximate surface area is 106 Å². The van der Waals surface area contributed by atoms with Gasteiger partial charge in [-0.05, 0) is 19.1 Å². The summed E-state index contributed by atoms with van der Waals surface area (Å²) < 4.78 is 1.90. The Morgan fingerprint density at radius 2 is 2.12 bits per heavy atom. The van der Waals surface area contributed by atoms with Crippen LogP contribution in [0.1, 0.15) is 12.5 Å². The monoisotopic (exact) mass is 247 g/mol. The van der Waals surface area contributed by atoms with E-state index < -0.39 is 0 Å². The van der Waals surface area contributed by atoms with Crippen LogP contribution in [-0.2, 0) is 5.75 Å². The Morgan fingerprint density at radius 3 is 2.82 bits per heavy atom. The number of aromatic nitrogens is 2. The van der Waals surface area contributed by atoms with Gasteiger partial charge in [-0.2, -0.15) is 16.9 Å². The van der Waals surface area contributed by atoms with Gasteiger partial charge in [-0.25, -0.2) is 4.68 Å². The number of para-hydroxylation sites is 1. The van der Waals surface area contributed by atoms with Crippen molar-refractivity contribution < 1.29 is 0 Å². The molecule has 0 fully saturated rings. The van der Waals surface area contributed by atoms with Crippen molar-refractivity contribution in [1.29, 1.82) is 0 Å². The zero-order valence-electron chi connectivity index (χ0n) is 9.91. The van der Waals surface area contributed by atoms with E-state index >= 15 is 0 Å². The van der Waals surface area contributed by atoms with E-state index in [1.165, 1.54) is 5.56 Å². The van der Waals surface area contributed by atoms with Gasteiger partial charge < -0.3 is 5.73 Å². The fraction of sp³-hybridized carbons (Fsp3) is 0.308. The van der Waals surface area contributed by atoms with Gasteiger partial charge in [0, 0.05) is 29.3 Å². The first kappa shape index (κ1) is 12.2. The highest BCUT2D eigenvalue weighted by Gasteiger charge is 2.01. The van der Waals surface area contributed by atoms with Crippen LogP contribution in [0.4, 0.5) is 0 Å². The molecule has 2 aromatic rings. The molecular formula is C13H17N3S. The van der Waals surface area contributed by atoms with Gasteiger partial charge in [0.25, 0.3) is 0 Å². The predicted octanol–water partition coefficient (Wildman–Crippen LogP) is 2.45. The average Bonchev–Trinajstić information content (AvgIpc) is 2.78. The third-order valence-corrected chi connectivity index (χ3v) is 3.61. The lowest BCUT2D eigenvalue weighted by Gasteiger charge is -2.02. The quantitative estimate of drug-likeness (QED) is 0.882. The third kappa shape index (κ3) is 3.61. The molecule has 0 bridgehead atoms. The van der Waals surface area contributed by atoms with Crippen LogP contribution in [0, 0.1) is 0 Å². The SMILES string of the molecule is CC(N)CSCc1cnn(-c2ccccc2)c1. The van der Waals surface area contributed by atoms with E-state index in [4.69, 9.17) is 5.73 Å². The van der Waals surface area contributed by atoms with Crippen LogP contribution >= 0.6 is 11.8 Å². The van der Waals surface area contributed by atoms with E-state index in [0.717, 1.165) is 17.2 Å². The molecular weight excluding hydrogens is 230 g/mol. The molecule has 1 unspecified atom stereocenters. The molecule has 0 amide bonds. The van der Waals surface area contributed by atoms with Crippen molar-refractivity contribution in [2.75, 3.05) is 5.75 Å². The summed E-state index contributed by atoms with van der Waals surface area (Å²) in [6, 6.07) is 10.4. The van der Waals surface area contributed by atoms with Gasteiger partial charge in [0.2, 0.25) is 0 Å². The molecule has 0 saturated carbocycles. The summed E-state index contributed by atoms with van der Waals surface area (Å²) in [5.74, 6) is 1.95. The van der Waals surface area contributed by atoms with E-state index in [-0.39, 0.29) is 6.04 Å². The zero-order valence-corrected chi connectivity index (χ0v) is 10.7. The van der Waals surface area contributed by atoms with Crippen molar-refractivity contribution >= 4 is 11.8 Å². The van der Waals surface area contributed by atoms with Gasteiger partial charge in [0.15, 0.2) is 0 Å². The van der Waals surface area contributed by atoms with E-state index in [2.05, 4.69) is 11.3 Å². The molecule has 0 radical (unpaired) electrons. The summed E-state index contributed by atoms with van der Waals surface area (Å²) in [5, 5.41) is 4.36. The molecule has 1 aromatic carbocycles. The van der Waals surface area contributed by atoms with Crippen LogP contribution in [0.25, 0.3) is 5.69 Å². The number of hydrogen-bond donors (Lipinski definition) is 1. The summed E-state index contributed by atoms with van der Waals surface area (Å²) >= 11 is 1.84. The number of nitrogens with zero attached hydrogens (tertiary/aromatic N) is 2. The second kappa shape index (κ2) is 5.89. The van der Waals surface area contributed by atoms with Gasteiger partial charge in [-0.15, -0.1) is 0 Å². The van der Waals surface area contributed by atoms with Crippen molar-refractivity contribution in [3.05, 3.63) is 48.3 Å². The Balaban J connectivity index is 1.97. The molecule has 3 nitrogen and oxygen atoms in total. The normalized spacial score (nSPS) is 12.6. The number of nitrogens with two attached hydrogens (primary N) is 1. The zero-order chi connectivity index (χ0) is 12.1. The lowest BCUT2D eigenvalue weighted by Crippen LogP contribution is -2.17. The lowest BCUT2D eigenvalue weighted by molar-refractivity contribution is 0.847. The van der Waals surface area contributed by atoms with Crippen LogP contribution < -0.4 is 5.73 Å². The van der Waals surface area contributed by atoms with Crippen molar-refractivity contribution in [1.82, 2.24) is 9.78 Å². The summed E-state index contributed by atoms with van der Waals surface area (Å²) in [5.41, 5.74) is 8.04. The molecule has 0 aliphatic heterocycles. The second-order valence-electron chi connectivity index (χ2n) is 4.12. The Hall–Kier alpha value is -1.26. The van der Waals surface area contributed by atoms with E-state index in [1.807, 2.05) is 59.9 Å². The fourth-order valence-electron chi connectivity index (χ4n) is 1.52. The summed E-state index contributed by atoms with van der Waals surface area (Å²) in [6.45, 7) is 2.03. The van der Waals surface area contributed by atoms with Crippen LogP contribution in [0.3, 0.4) is 0 Å². The number of thioether (sulfide) groups is 1. The van der Waals surface area contributed by atoms with Gasteiger partial charge in [0.05, 0.1) is 11.9 Å². The molecule has 0 saturated heterocycles. The minimum Gasteiger partial charge on any atom is -0.327 e. The van der Waals surface area contributed by atoms with Crippen molar-refractivity contribution in [3.63, 3.8) is 0 Å². The average molecular weight is 247 g/mol. The number of hydrogen-bond acceptors (Lipinski definition) is 3. The molecule has 0 aliphatic rings. The van der Waals surface area contributed by atoms with Crippen LogP contribution in [0.15, 0.2) is 42.7 Å². The largest absolute Gasteiger partial charge is 0.327 e. The predicted molar refractivity (Wildman–Crippen MR) is 73.4 cm³/mol. The highest BCUT2D eigenvalue weighted by atomic mass is 32.2. The van der Waals surface area contributed by atoms with Crippen molar-refractivity contribution in [3.8, 4) is 5.69 Å². The summed E-state index contributed by atoms with van der Waals surface area (Å²) in [6.07, 6.45) is 3.99. The van der Waals surface area contributed by atoms with E-state index in [1.54, 1.807) is 0 Å².